The van der Waals surface area contributed by atoms with Gasteiger partial charge < -0.3 is 10.1 Å². The van der Waals surface area contributed by atoms with Crippen molar-refractivity contribution < 1.29 is 14.3 Å². The lowest BCUT2D eigenvalue weighted by Crippen LogP contribution is -2.13. The number of nitrogens with zero attached hydrogens (tertiary/aromatic N) is 1. The largest absolute Gasteiger partial charge is 0.427 e. The number of benzene rings is 2. The van der Waals surface area contributed by atoms with E-state index in [1.807, 2.05) is 6.07 Å². The van der Waals surface area contributed by atoms with E-state index in [4.69, 9.17) is 16.3 Å². The van der Waals surface area contributed by atoms with Crippen LogP contribution in [0.2, 0.25) is 5.02 Å². The van der Waals surface area contributed by atoms with Crippen LogP contribution in [0, 0.1) is 11.3 Å². The predicted molar refractivity (Wildman–Crippen MR) is 91.4 cm³/mol. The fraction of sp³-hybridized carbons (Fsp3) is 0.0556. The van der Waals surface area contributed by atoms with Gasteiger partial charge in [-0.15, -0.1) is 0 Å². The minimum absolute atomic E-state index is 0.0600. The predicted octanol–water partition coefficient (Wildman–Crippen LogP) is 3.81. The average molecular weight is 341 g/mol. The third kappa shape index (κ3) is 4.97. The summed E-state index contributed by atoms with van der Waals surface area (Å²) in [6.07, 6.45) is 1.44. The molecule has 2 aromatic carbocycles. The van der Waals surface area contributed by atoms with Crippen molar-refractivity contribution in [1.82, 2.24) is 0 Å². The van der Waals surface area contributed by atoms with Crippen LogP contribution >= 0.6 is 11.6 Å². The zero-order valence-corrected chi connectivity index (χ0v) is 13.5. The molecule has 0 atom stereocenters. The molecule has 2 rings (SSSR count). The molecule has 0 aliphatic rings. The maximum atomic E-state index is 12.2. The summed E-state index contributed by atoms with van der Waals surface area (Å²) in [5, 5.41) is 12.3. The zero-order valence-electron chi connectivity index (χ0n) is 12.7. The van der Waals surface area contributed by atoms with Crippen LogP contribution in [0.15, 0.2) is 54.1 Å². The van der Waals surface area contributed by atoms with Gasteiger partial charge in [-0.05, 0) is 42.0 Å². The van der Waals surface area contributed by atoms with Crippen LogP contribution in [0.4, 0.5) is 5.69 Å². The van der Waals surface area contributed by atoms with Crippen molar-refractivity contribution in [3.8, 4) is 11.8 Å². The van der Waals surface area contributed by atoms with E-state index >= 15 is 0 Å². The first-order chi connectivity index (χ1) is 11.5. The quantitative estimate of drug-likeness (QED) is 0.397. The van der Waals surface area contributed by atoms with E-state index in [1.54, 1.807) is 48.5 Å². The molecule has 120 valence electrons. The van der Waals surface area contributed by atoms with Crippen molar-refractivity contribution >= 4 is 35.2 Å². The minimum atomic E-state index is -0.538. The normalized spacial score (nSPS) is 10.6. The van der Waals surface area contributed by atoms with Gasteiger partial charge in [0.25, 0.3) is 5.91 Å². The molecule has 24 heavy (non-hydrogen) atoms. The number of hydrogen-bond acceptors (Lipinski definition) is 4. The Bertz CT molecular complexity index is 836. The van der Waals surface area contributed by atoms with Gasteiger partial charge in [0.05, 0.1) is 0 Å². The molecule has 0 fully saturated rings. The molecule has 1 N–H and O–H groups in total. The Kier molecular flexibility index (Phi) is 5.72. The third-order valence-electron chi connectivity index (χ3n) is 2.90. The summed E-state index contributed by atoms with van der Waals surface area (Å²) in [5.74, 6) is -0.567. The fourth-order valence-electron chi connectivity index (χ4n) is 1.88. The first-order valence-corrected chi connectivity index (χ1v) is 7.33. The fourth-order valence-corrected chi connectivity index (χ4v) is 2.07. The van der Waals surface area contributed by atoms with Crippen molar-refractivity contribution in [2.24, 2.45) is 0 Å². The summed E-state index contributed by atoms with van der Waals surface area (Å²) < 4.78 is 4.92. The van der Waals surface area contributed by atoms with Crippen LogP contribution < -0.4 is 10.1 Å². The molecule has 0 saturated heterocycles. The second-order valence-electron chi connectivity index (χ2n) is 4.80. The monoisotopic (exact) mass is 340 g/mol. The molecule has 0 aromatic heterocycles. The lowest BCUT2D eigenvalue weighted by molar-refractivity contribution is -0.131. The van der Waals surface area contributed by atoms with Gasteiger partial charge in [-0.25, -0.2) is 0 Å². The van der Waals surface area contributed by atoms with E-state index in [0.29, 0.717) is 22.0 Å². The number of rotatable bonds is 4. The van der Waals surface area contributed by atoms with Gasteiger partial charge in [-0.1, -0.05) is 29.8 Å². The van der Waals surface area contributed by atoms with Crippen LogP contribution in [0.5, 0.6) is 5.75 Å². The molecule has 0 aliphatic carbocycles. The number of halogens is 1. The molecule has 2 aromatic rings. The standard InChI is InChI=1S/C18H13ClN2O3/c1-12(22)24-17-7-5-13(6-8-17)9-14(11-20)18(23)21-16-4-2-3-15(19)10-16/h2-10H,1H3,(H,21,23)/b14-9+. The summed E-state index contributed by atoms with van der Waals surface area (Å²) in [6.45, 7) is 1.31. The maximum Gasteiger partial charge on any atom is 0.308 e. The molecule has 0 unspecified atom stereocenters. The lowest BCUT2D eigenvalue weighted by atomic mass is 10.1. The van der Waals surface area contributed by atoms with Gasteiger partial charge >= 0.3 is 5.97 Å². The number of anilines is 1. The molecule has 1 amide bonds. The average Bonchev–Trinajstić information content (AvgIpc) is 2.53. The second kappa shape index (κ2) is 7.95. The highest BCUT2D eigenvalue weighted by molar-refractivity contribution is 6.31. The van der Waals surface area contributed by atoms with Crippen LogP contribution in [0.1, 0.15) is 12.5 Å². The van der Waals surface area contributed by atoms with Gasteiger partial charge in [0.15, 0.2) is 0 Å². The summed E-state index contributed by atoms with van der Waals surface area (Å²) in [6, 6.07) is 14.9. The number of esters is 1. The van der Waals surface area contributed by atoms with Gasteiger partial charge in [0.1, 0.15) is 17.4 Å². The number of nitriles is 1. The zero-order chi connectivity index (χ0) is 17.5. The number of amides is 1. The van der Waals surface area contributed by atoms with E-state index in [9.17, 15) is 14.9 Å². The number of carbonyl (C=O) groups is 2. The van der Waals surface area contributed by atoms with Crippen LogP contribution in [0.25, 0.3) is 6.08 Å². The topological polar surface area (TPSA) is 79.2 Å². The third-order valence-corrected chi connectivity index (χ3v) is 3.14. The van der Waals surface area contributed by atoms with E-state index in [-0.39, 0.29) is 5.57 Å². The van der Waals surface area contributed by atoms with Crippen molar-refractivity contribution in [2.75, 3.05) is 5.32 Å². The molecule has 0 bridgehead atoms. The number of ether oxygens (including phenoxy) is 1. The minimum Gasteiger partial charge on any atom is -0.427 e. The van der Waals surface area contributed by atoms with Crippen molar-refractivity contribution in [3.05, 3.63) is 64.7 Å². The molecule has 0 saturated carbocycles. The molecular weight excluding hydrogens is 328 g/mol. The van der Waals surface area contributed by atoms with Gasteiger partial charge in [0.2, 0.25) is 0 Å². The Balaban J connectivity index is 2.15. The molecule has 5 nitrogen and oxygen atoms in total. The molecule has 0 radical (unpaired) electrons. The molecular formula is C18H13ClN2O3. The van der Waals surface area contributed by atoms with E-state index in [0.717, 1.165) is 0 Å². The Morgan fingerprint density at radius 2 is 1.92 bits per heavy atom. The number of carbonyl (C=O) groups excluding carboxylic acids is 2. The van der Waals surface area contributed by atoms with Crippen molar-refractivity contribution in [2.45, 2.75) is 6.92 Å². The molecule has 0 spiro atoms. The number of hydrogen-bond donors (Lipinski definition) is 1. The highest BCUT2D eigenvalue weighted by Crippen LogP contribution is 2.17. The Morgan fingerprint density at radius 1 is 1.21 bits per heavy atom. The summed E-state index contributed by atoms with van der Waals surface area (Å²) in [5.41, 5.74) is 1.07. The van der Waals surface area contributed by atoms with Crippen molar-refractivity contribution in [3.63, 3.8) is 0 Å². The van der Waals surface area contributed by atoms with Crippen LogP contribution in [-0.2, 0) is 9.59 Å². The van der Waals surface area contributed by atoms with Gasteiger partial charge in [-0.3, -0.25) is 9.59 Å². The molecule has 0 heterocycles. The Morgan fingerprint density at radius 3 is 2.50 bits per heavy atom. The first kappa shape index (κ1) is 17.3. The highest BCUT2D eigenvalue weighted by atomic mass is 35.5. The SMILES string of the molecule is CC(=O)Oc1ccc(/C=C(\C#N)C(=O)Nc2cccc(Cl)c2)cc1. The Hall–Kier alpha value is -3.10. The van der Waals surface area contributed by atoms with E-state index in [1.165, 1.54) is 13.0 Å². The molecule has 0 aliphatic heterocycles. The summed E-state index contributed by atoms with van der Waals surface area (Å²) in [7, 11) is 0. The van der Waals surface area contributed by atoms with E-state index in [2.05, 4.69) is 5.32 Å². The lowest BCUT2D eigenvalue weighted by Gasteiger charge is -2.05. The summed E-state index contributed by atoms with van der Waals surface area (Å²) >= 11 is 5.86. The maximum absolute atomic E-state index is 12.2. The van der Waals surface area contributed by atoms with Crippen LogP contribution in [-0.4, -0.2) is 11.9 Å². The Labute approximate surface area is 144 Å². The number of nitrogens with one attached hydrogen (secondary N) is 1. The summed E-state index contributed by atoms with van der Waals surface area (Å²) in [4.78, 5) is 23.0. The van der Waals surface area contributed by atoms with Gasteiger partial charge in [0, 0.05) is 17.6 Å². The highest BCUT2D eigenvalue weighted by Gasteiger charge is 2.10. The first-order valence-electron chi connectivity index (χ1n) is 6.95. The van der Waals surface area contributed by atoms with Crippen molar-refractivity contribution in [1.29, 1.82) is 5.26 Å². The second-order valence-corrected chi connectivity index (χ2v) is 5.23. The van der Waals surface area contributed by atoms with E-state index < -0.39 is 11.9 Å². The molecule has 6 heteroatoms. The van der Waals surface area contributed by atoms with Gasteiger partial charge in [-0.2, -0.15) is 5.26 Å². The smallest absolute Gasteiger partial charge is 0.308 e. The van der Waals surface area contributed by atoms with Crippen LogP contribution in [0.3, 0.4) is 0 Å².